The lowest BCUT2D eigenvalue weighted by Crippen LogP contribution is -2.28. The minimum absolute atomic E-state index is 0.0577. The Hall–Kier alpha value is -0.160. The molecule has 1 aliphatic rings. The fraction of sp³-hybridized carbons (Fsp3) is 1.00. The molecule has 2 N–H and O–H groups in total. The normalized spacial score (nSPS) is 27.4. The van der Waals surface area contributed by atoms with E-state index in [4.69, 9.17) is 9.47 Å². The van der Waals surface area contributed by atoms with Gasteiger partial charge in [-0.3, -0.25) is 0 Å². The van der Waals surface area contributed by atoms with Gasteiger partial charge in [0.15, 0.2) is 0 Å². The van der Waals surface area contributed by atoms with Crippen molar-refractivity contribution >= 4 is 0 Å². The minimum Gasteiger partial charge on any atom is -0.389 e. The van der Waals surface area contributed by atoms with E-state index < -0.39 is 0 Å². The maximum atomic E-state index is 9.41. The van der Waals surface area contributed by atoms with Crippen molar-refractivity contribution in [3.05, 3.63) is 0 Å². The monoisotopic (exact) mass is 203 g/mol. The van der Waals surface area contributed by atoms with Gasteiger partial charge in [0.05, 0.1) is 25.4 Å². The van der Waals surface area contributed by atoms with E-state index in [0.717, 1.165) is 13.2 Å². The molecule has 2 unspecified atom stereocenters. The quantitative estimate of drug-likeness (QED) is 0.597. The lowest BCUT2D eigenvalue weighted by molar-refractivity contribution is -0.0354. The molecule has 1 rings (SSSR count). The smallest absolute Gasteiger partial charge is 0.0971 e. The third kappa shape index (κ3) is 4.37. The van der Waals surface area contributed by atoms with Crippen LogP contribution in [0.5, 0.6) is 0 Å². The molecule has 84 valence electrons. The summed E-state index contributed by atoms with van der Waals surface area (Å²) in [6, 6.07) is 0. The molecule has 14 heavy (non-hydrogen) atoms. The van der Waals surface area contributed by atoms with Gasteiger partial charge in [-0.15, -0.1) is 0 Å². The molecule has 0 saturated carbocycles. The summed E-state index contributed by atoms with van der Waals surface area (Å²) in [4.78, 5) is 0. The van der Waals surface area contributed by atoms with Crippen LogP contribution < -0.4 is 5.32 Å². The summed E-state index contributed by atoms with van der Waals surface area (Å²) in [6.45, 7) is 7.56. The molecule has 2 atom stereocenters. The molecule has 0 radical (unpaired) electrons. The Morgan fingerprint density at radius 3 is 2.71 bits per heavy atom. The Kier molecular flexibility index (Phi) is 5.40. The Labute approximate surface area is 85.6 Å². The number of nitrogens with one attached hydrogen (secondary N) is 1. The predicted molar refractivity (Wildman–Crippen MR) is 54.3 cm³/mol. The van der Waals surface area contributed by atoms with E-state index in [2.05, 4.69) is 19.2 Å². The molecule has 0 amide bonds. The zero-order chi connectivity index (χ0) is 10.4. The standard InChI is InChI=1S/C10H21NO3/c1-8(2)7-13-3-4-14-10-6-11-5-9(10)12/h8-12H,3-7H2,1-2H3. The number of hydrogen-bond acceptors (Lipinski definition) is 4. The number of rotatable bonds is 6. The summed E-state index contributed by atoms with van der Waals surface area (Å²) in [5.74, 6) is 0.564. The Morgan fingerprint density at radius 1 is 1.36 bits per heavy atom. The SMILES string of the molecule is CC(C)COCCOC1CNCC1O. The van der Waals surface area contributed by atoms with Gasteiger partial charge in [-0.2, -0.15) is 0 Å². The first kappa shape index (κ1) is 11.9. The molecular formula is C10H21NO3. The van der Waals surface area contributed by atoms with Gasteiger partial charge >= 0.3 is 0 Å². The molecule has 0 aromatic rings. The first-order chi connectivity index (χ1) is 6.70. The second kappa shape index (κ2) is 6.35. The Balaban J connectivity index is 1.93. The van der Waals surface area contributed by atoms with Crippen molar-refractivity contribution in [2.24, 2.45) is 5.92 Å². The average molecular weight is 203 g/mol. The largest absolute Gasteiger partial charge is 0.389 e. The molecule has 1 aliphatic heterocycles. The lowest BCUT2D eigenvalue weighted by Gasteiger charge is -2.14. The summed E-state index contributed by atoms with van der Waals surface area (Å²) in [6.07, 6.45) is -0.419. The third-order valence-electron chi connectivity index (χ3n) is 2.14. The third-order valence-corrected chi connectivity index (χ3v) is 2.14. The number of aliphatic hydroxyl groups excluding tert-OH is 1. The molecule has 0 bridgehead atoms. The van der Waals surface area contributed by atoms with Gasteiger partial charge < -0.3 is 19.9 Å². The van der Waals surface area contributed by atoms with Crippen LogP contribution in [0.3, 0.4) is 0 Å². The maximum Gasteiger partial charge on any atom is 0.0971 e. The fourth-order valence-electron chi connectivity index (χ4n) is 1.39. The highest BCUT2D eigenvalue weighted by Gasteiger charge is 2.24. The predicted octanol–water partition coefficient (Wildman–Crippen LogP) is 0.00830. The zero-order valence-corrected chi connectivity index (χ0v) is 9.03. The number of ether oxygens (including phenoxy) is 2. The van der Waals surface area contributed by atoms with Crippen molar-refractivity contribution in [3.63, 3.8) is 0 Å². The summed E-state index contributed by atoms with van der Waals surface area (Å²) >= 11 is 0. The second-order valence-electron chi connectivity index (χ2n) is 4.10. The molecule has 4 heteroatoms. The highest BCUT2D eigenvalue weighted by molar-refractivity contribution is 4.80. The molecule has 0 aromatic carbocycles. The maximum absolute atomic E-state index is 9.41. The fourth-order valence-corrected chi connectivity index (χ4v) is 1.39. The molecular weight excluding hydrogens is 182 g/mol. The topological polar surface area (TPSA) is 50.7 Å². The van der Waals surface area contributed by atoms with Gasteiger partial charge in [0.1, 0.15) is 0 Å². The molecule has 1 saturated heterocycles. The van der Waals surface area contributed by atoms with Crippen LogP contribution in [0.15, 0.2) is 0 Å². The van der Waals surface area contributed by atoms with Crippen molar-refractivity contribution in [2.45, 2.75) is 26.1 Å². The van der Waals surface area contributed by atoms with Crippen LogP contribution in [-0.2, 0) is 9.47 Å². The second-order valence-corrected chi connectivity index (χ2v) is 4.10. The molecule has 0 aromatic heterocycles. The van der Waals surface area contributed by atoms with E-state index in [0.29, 0.717) is 25.7 Å². The lowest BCUT2D eigenvalue weighted by atomic mass is 10.2. The highest BCUT2D eigenvalue weighted by Crippen LogP contribution is 2.04. The van der Waals surface area contributed by atoms with E-state index in [9.17, 15) is 5.11 Å². The number of β-amino-alcohol motifs (C(OH)–C–C–N with tert-alkyl or cyclic N) is 1. The van der Waals surface area contributed by atoms with E-state index in [1.54, 1.807) is 0 Å². The molecule has 1 heterocycles. The van der Waals surface area contributed by atoms with Crippen LogP contribution in [0.25, 0.3) is 0 Å². The number of aliphatic hydroxyl groups is 1. The van der Waals surface area contributed by atoms with Gasteiger partial charge in [-0.1, -0.05) is 13.8 Å². The summed E-state index contributed by atoms with van der Waals surface area (Å²) in [5, 5.41) is 12.5. The highest BCUT2D eigenvalue weighted by atomic mass is 16.5. The van der Waals surface area contributed by atoms with Crippen molar-refractivity contribution in [3.8, 4) is 0 Å². The van der Waals surface area contributed by atoms with Gasteiger partial charge in [-0.05, 0) is 5.92 Å². The van der Waals surface area contributed by atoms with Gasteiger partial charge in [0.25, 0.3) is 0 Å². The molecule has 4 nitrogen and oxygen atoms in total. The Bertz CT molecular complexity index is 152. The molecule has 0 aliphatic carbocycles. The van der Waals surface area contributed by atoms with E-state index in [-0.39, 0.29) is 12.2 Å². The minimum atomic E-state index is -0.361. The van der Waals surface area contributed by atoms with Gasteiger partial charge in [-0.25, -0.2) is 0 Å². The van der Waals surface area contributed by atoms with E-state index in [1.165, 1.54) is 0 Å². The van der Waals surface area contributed by atoms with Gasteiger partial charge in [0, 0.05) is 19.7 Å². The summed E-state index contributed by atoms with van der Waals surface area (Å²) in [5.41, 5.74) is 0. The van der Waals surface area contributed by atoms with E-state index >= 15 is 0 Å². The van der Waals surface area contributed by atoms with Crippen molar-refractivity contribution in [2.75, 3.05) is 32.9 Å². The van der Waals surface area contributed by atoms with Crippen LogP contribution in [0.1, 0.15) is 13.8 Å². The van der Waals surface area contributed by atoms with Crippen LogP contribution >= 0.6 is 0 Å². The summed E-state index contributed by atoms with van der Waals surface area (Å²) in [7, 11) is 0. The summed E-state index contributed by atoms with van der Waals surface area (Å²) < 4.78 is 10.8. The zero-order valence-electron chi connectivity index (χ0n) is 9.03. The first-order valence-electron chi connectivity index (χ1n) is 5.28. The number of hydrogen-bond donors (Lipinski definition) is 2. The van der Waals surface area contributed by atoms with Crippen LogP contribution in [0.2, 0.25) is 0 Å². The van der Waals surface area contributed by atoms with Crippen LogP contribution in [0, 0.1) is 5.92 Å². The first-order valence-corrected chi connectivity index (χ1v) is 5.28. The van der Waals surface area contributed by atoms with Crippen LogP contribution in [0.4, 0.5) is 0 Å². The molecule has 0 spiro atoms. The Morgan fingerprint density at radius 2 is 2.14 bits per heavy atom. The van der Waals surface area contributed by atoms with Crippen molar-refractivity contribution in [1.82, 2.24) is 5.32 Å². The molecule has 1 fully saturated rings. The average Bonchev–Trinajstić information content (AvgIpc) is 2.51. The van der Waals surface area contributed by atoms with Gasteiger partial charge in [0.2, 0.25) is 0 Å². The van der Waals surface area contributed by atoms with E-state index in [1.807, 2.05) is 0 Å². The van der Waals surface area contributed by atoms with Crippen LogP contribution in [-0.4, -0.2) is 50.2 Å². The van der Waals surface area contributed by atoms with Crippen molar-refractivity contribution in [1.29, 1.82) is 0 Å². The van der Waals surface area contributed by atoms with Crippen molar-refractivity contribution < 1.29 is 14.6 Å².